The average molecular weight is 250 g/mol. The van der Waals surface area contributed by atoms with Crippen molar-refractivity contribution in [3.05, 3.63) is 0 Å². The summed E-state index contributed by atoms with van der Waals surface area (Å²) in [7, 11) is 5.21. The van der Waals surface area contributed by atoms with Crippen molar-refractivity contribution in [2.45, 2.75) is 25.8 Å². The Hall–Kier alpha value is 1.02. The van der Waals surface area contributed by atoms with E-state index in [0.29, 0.717) is 0 Å². The summed E-state index contributed by atoms with van der Waals surface area (Å²) in [6.45, 7) is 2.60. The molecule has 6 nitrogen and oxygen atoms in total. The Bertz CT molecular complexity index is 111. The molecule has 0 aromatic heterocycles. The maximum absolute atomic E-state index is 10.4. The predicted molar refractivity (Wildman–Crippen MR) is 50.6 cm³/mol. The standard InChI is InChI=1S/2C4H9O3.Ca/c2*1-4(5,6-2)7-3;/h2*1-3H3;/q2*-1;+2. The van der Waals surface area contributed by atoms with Crippen molar-refractivity contribution in [1.29, 1.82) is 0 Å². The Morgan fingerprint density at radius 3 is 0.800 bits per heavy atom. The van der Waals surface area contributed by atoms with E-state index in [2.05, 4.69) is 18.9 Å². The molecule has 0 spiro atoms. The Balaban J connectivity index is -0.000000180. The molecule has 0 heterocycles. The first-order valence-corrected chi connectivity index (χ1v) is 3.86. The van der Waals surface area contributed by atoms with E-state index >= 15 is 0 Å². The van der Waals surface area contributed by atoms with Crippen molar-refractivity contribution >= 4 is 37.7 Å². The Kier molecular flexibility index (Phi) is 14.5. The molecule has 0 unspecified atom stereocenters. The molecule has 88 valence electrons. The van der Waals surface area contributed by atoms with Gasteiger partial charge in [0.25, 0.3) is 0 Å². The van der Waals surface area contributed by atoms with E-state index < -0.39 is 11.9 Å². The predicted octanol–water partition coefficient (Wildman–Crippen LogP) is -1.75. The van der Waals surface area contributed by atoms with Crippen LogP contribution in [0.5, 0.6) is 0 Å². The molecule has 15 heavy (non-hydrogen) atoms. The first kappa shape index (κ1) is 21.3. The number of ether oxygens (including phenoxy) is 4. The van der Waals surface area contributed by atoms with Gasteiger partial charge in [0.2, 0.25) is 0 Å². The summed E-state index contributed by atoms with van der Waals surface area (Å²) in [5, 5.41) is 20.8. The SMILES string of the molecule is COC(C)([O-])OC.COC(C)([O-])OC.[Ca+2]. The van der Waals surface area contributed by atoms with Gasteiger partial charge in [-0.2, -0.15) is 0 Å². The van der Waals surface area contributed by atoms with Crippen LogP contribution in [0.3, 0.4) is 0 Å². The summed E-state index contributed by atoms with van der Waals surface area (Å²) in [6, 6.07) is 0. The molecule has 0 rings (SSSR count). The minimum atomic E-state index is -1.67. The normalized spacial score (nSPS) is 11.2. The molecule has 0 fully saturated rings. The van der Waals surface area contributed by atoms with Crippen LogP contribution in [0.4, 0.5) is 0 Å². The molecule has 0 aromatic carbocycles. The van der Waals surface area contributed by atoms with Gasteiger partial charge in [-0.15, -0.1) is 0 Å². The summed E-state index contributed by atoms with van der Waals surface area (Å²) < 4.78 is 17.2. The molecule has 0 saturated carbocycles. The van der Waals surface area contributed by atoms with Crippen LogP contribution in [0.25, 0.3) is 0 Å². The van der Waals surface area contributed by atoms with Crippen LogP contribution in [0.1, 0.15) is 13.8 Å². The van der Waals surface area contributed by atoms with Crippen LogP contribution in [-0.4, -0.2) is 78.1 Å². The monoisotopic (exact) mass is 250 g/mol. The van der Waals surface area contributed by atoms with E-state index in [-0.39, 0.29) is 37.7 Å². The maximum atomic E-state index is 10.4. The van der Waals surface area contributed by atoms with Crippen LogP contribution >= 0.6 is 0 Å². The molecule has 0 aliphatic carbocycles. The summed E-state index contributed by atoms with van der Waals surface area (Å²) in [6.07, 6.45) is 0. The minimum absolute atomic E-state index is 0. The molecule has 0 N–H and O–H groups in total. The molecule has 0 aliphatic rings. The number of hydrogen-bond acceptors (Lipinski definition) is 6. The zero-order valence-corrected chi connectivity index (χ0v) is 12.4. The summed E-state index contributed by atoms with van der Waals surface area (Å²) in [5.74, 6) is -3.33. The van der Waals surface area contributed by atoms with Gasteiger partial charge in [0, 0.05) is 28.4 Å². The van der Waals surface area contributed by atoms with Crippen molar-refractivity contribution < 1.29 is 29.2 Å². The first-order chi connectivity index (χ1) is 6.24. The molecule has 0 amide bonds. The Morgan fingerprint density at radius 1 is 0.667 bits per heavy atom. The van der Waals surface area contributed by atoms with E-state index in [9.17, 15) is 10.2 Å². The fraction of sp³-hybridized carbons (Fsp3) is 1.00. The second-order valence-corrected chi connectivity index (χ2v) is 2.54. The largest absolute Gasteiger partial charge is 2.00 e. The zero-order chi connectivity index (χ0) is 11.8. The van der Waals surface area contributed by atoms with Gasteiger partial charge in [-0.05, 0) is 13.8 Å². The van der Waals surface area contributed by atoms with Crippen LogP contribution in [-0.2, 0) is 18.9 Å². The molecule has 0 atom stereocenters. The third kappa shape index (κ3) is 15.0. The van der Waals surface area contributed by atoms with Gasteiger partial charge < -0.3 is 29.2 Å². The molecule has 0 saturated heterocycles. The van der Waals surface area contributed by atoms with Crippen molar-refractivity contribution in [3.8, 4) is 0 Å². The van der Waals surface area contributed by atoms with Gasteiger partial charge in [-0.25, -0.2) is 0 Å². The molecule has 0 aliphatic heterocycles. The average Bonchev–Trinajstić information content (AvgIpc) is 2.19. The summed E-state index contributed by atoms with van der Waals surface area (Å²) >= 11 is 0. The molecule has 7 heteroatoms. The maximum Gasteiger partial charge on any atom is 2.00 e. The van der Waals surface area contributed by atoms with Crippen LogP contribution in [0.2, 0.25) is 0 Å². The molecule has 0 radical (unpaired) electrons. The van der Waals surface area contributed by atoms with Crippen molar-refractivity contribution in [1.82, 2.24) is 0 Å². The molecule has 0 bridgehead atoms. The molecule has 0 aromatic rings. The van der Waals surface area contributed by atoms with Gasteiger partial charge in [0.1, 0.15) is 0 Å². The minimum Gasteiger partial charge on any atom is -0.807 e. The molecular formula is C8H18CaO6. The first-order valence-electron chi connectivity index (χ1n) is 3.86. The topological polar surface area (TPSA) is 83.0 Å². The van der Waals surface area contributed by atoms with Crippen molar-refractivity contribution in [2.75, 3.05) is 28.4 Å². The fourth-order valence-electron chi connectivity index (χ4n) is 0.167. The third-order valence-electron chi connectivity index (χ3n) is 1.48. The second-order valence-electron chi connectivity index (χ2n) is 2.54. The number of hydrogen-bond donors (Lipinski definition) is 0. The summed E-state index contributed by atoms with van der Waals surface area (Å²) in [4.78, 5) is 0. The van der Waals surface area contributed by atoms with E-state index in [0.717, 1.165) is 0 Å². The second kappa shape index (κ2) is 10.2. The van der Waals surface area contributed by atoms with Gasteiger partial charge in [-0.3, -0.25) is 0 Å². The Labute approximate surface area is 120 Å². The smallest absolute Gasteiger partial charge is 0.807 e. The van der Waals surface area contributed by atoms with Crippen molar-refractivity contribution in [3.63, 3.8) is 0 Å². The van der Waals surface area contributed by atoms with Crippen LogP contribution < -0.4 is 10.2 Å². The van der Waals surface area contributed by atoms with Crippen molar-refractivity contribution in [2.24, 2.45) is 0 Å². The summed E-state index contributed by atoms with van der Waals surface area (Å²) in [5.41, 5.74) is 0. The van der Waals surface area contributed by atoms with Gasteiger partial charge >= 0.3 is 37.7 Å². The van der Waals surface area contributed by atoms with Crippen LogP contribution in [0, 0.1) is 0 Å². The molecular weight excluding hydrogens is 232 g/mol. The van der Waals surface area contributed by atoms with Gasteiger partial charge in [0.05, 0.1) is 11.9 Å². The quantitative estimate of drug-likeness (QED) is 0.434. The van der Waals surface area contributed by atoms with Crippen LogP contribution in [0.15, 0.2) is 0 Å². The van der Waals surface area contributed by atoms with E-state index in [1.807, 2.05) is 0 Å². The Morgan fingerprint density at radius 2 is 0.800 bits per heavy atom. The number of rotatable bonds is 4. The van der Waals surface area contributed by atoms with E-state index in [4.69, 9.17) is 0 Å². The zero-order valence-electron chi connectivity index (χ0n) is 10.2. The number of methoxy groups -OCH3 is 4. The van der Waals surface area contributed by atoms with E-state index in [1.165, 1.54) is 42.3 Å². The van der Waals surface area contributed by atoms with E-state index in [1.54, 1.807) is 0 Å². The van der Waals surface area contributed by atoms with Gasteiger partial charge in [-0.1, -0.05) is 0 Å². The van der Waals surface area contributed by atoms with Gasteiger partial charge in [0.15, 0.2) is 0 Å². The fourth-order valence-corrected chi connectivity index (χ4v) is 0.167. The third-order valence-corrected chi connectivity index (χ3v) is 1.48.